The first kappa shape index (κ1) is 13.8. The minimum Gasteiger partial charge on any atom is -0.313 e. The molecule has 0 bridgehead atoms. The highest BCUT2D eigenvalue weighted by Crippen LogP contribution is 2.36. The summed E-state index contributed by atoms with van der Waals surface area (Å²) in [7, 11) is 0. The molecule has 2 aliphatic rings. The average Bonchev–Trinajstić information content (AvgIpc) is 2.88. The third-order valence-corrected chi connectivity index (χ3v) is 6.14. The SMILES string of the molecule is ClCC1CCCCC1NCC1Cc2ccccc2S1. The summed E-state index contributed by atoms with van der Waals surface area (Å²) in [6.45, 7) is 1.12. The van der Waals surface area contributed by atoms with Crippen LogP contribution in [-0.4, -0.2) is 23.7 Å². The quantitative estimate of drug-likeness (QED) is 0.840. The maximum absolute atomic E-state index is 6.10. The van der Waals surface area contributed by atoms with Crippen molar-refractivity contribution in [3.63, 3.8) is 0 Å². The van der Waals surface area contributed by atoms with Crippen molar-refractivity contribution in [1.29, 1.82) is 0 Å². The van der Waals surface area contributed by atoms with Crippen LogP contribution in [0, 0.1) is 5.92 Å². The van der Waals surface area contributed by atoms with Crippen molar-refractivity contribution in [2.45, 2.75) is 48.3 Å². The van der Waals surface area contributed by atoms with Crippen LogP contribution in [0.15, 0.2) is 29.2 Å². The van der Waals surface area contributed by atoms with Crippen molar-refractivity contribution in [1.82, 2.24) is 5.32 Å². The summed E-state index contributed by atoms with van der Waals surface area (Å²) in [5.41, 5.74) is 1.52. The Morgan fingerprint density at radius 2 is 2.05 bits per heavy atom. The Morgan fingerprint density at radius 3 is 2.89 bits per heavy atom. The minimum atomic E-state index is 0.649. The second-order valence-corrected chi connectivity index (χ2v) is 7.42. The number of hydrogen-bond acceptors (Lipinski definition) is 2. The highest BCUT2D eigenvalue weighted by molar-refractivity contribution is 8.00. The van der Waals surface area contributed by atoms with E-state index in [1.165, 1.54) is 42.6 Å². The topological polar surface area (TPSA) is 12.0 Å². The molecule has 3 unspecified atom stereocenters. The van der Waals surface area contributed by atoms with E-state index >= 15 is 0 Å². The predicted octanol–water partition coefficient (Wildman–Crippen LogP) is 4.09. The molecule has 19 heavy (non-hydrogen) atoms. The van der Waals surface area contributed by atoms with Gasteiger partial charge in [-0.15, -0.1) is 23.4 Å². The van der Waals surface area contributed by atoms with Gasteiger partial charge in [0.25, 0.3) is 0 Å². The van der Waals surface area contributed by atoms with Crippen LogP contribution in [0.25, 0.3) is 0 Å². The van der Waals surface area contributed by atoms with Gasteiger partial charge in [-0.2, -0.15) is 0 Å². The second kappa shape index (κ2) is 6.51. The van der Waals surface area contributed by atoms with Crippen LogP contribution in [0.4, 0.5) is 0 Å². The fourth-order valence-electron chi connectivity index (χ4n) is 3.31. The molecule has 1 aromatic rings. The standard InChI is InChI=1S/C16H22ClNS/c17-10-13-6-1-3-7-15(13)18-11-14-9-12-5-2-4-8-16(12)19-14/h2,4-5,8,13-15,18H,1,3,6-7,9-11H2. The molecule has 0 saturated heterocycles. The Hall–Kier alpha value is -0.180. The monoisotopic (exact) mass is 295 g/mol. The molecule has 1 N–H and O–H groups in total. The van der Waals surface area contributed by atoms with Crippen molar-refractivity contribution in [2.75, 3.05) is 12.4 Å². The van der Waals surface area contributed by atoms with Gasteiger partial charge in [-0.25, -0.2) is 0 Å². The Morgan fingerprint density at radius 1 is 1.21 bits per heavy atom. The molecule has 1 aliphatic heterocycles. The molecule has 1 saturated carbocycles. The van der Waals surface area contributed by atoms with Crippen molar-refractivity contribution in [2.24, 2.45) is 5.92 Å². The van der Waals surface area contributed by atoms with Gasteiger partial charge in [0.05, 0.1) is 0 Å². The third kappa shape index (κ3) is 3.29. The van der Waals surface area contributed by atoms with Crippen molar-refractivity contribution in [3.05, 3.63) is 29.8 Å². The van der Waals surface area contributed by atoms with Gasteiger partial charge in [-0.05, 0) is 36.8 Å². The van der Waals surface area contributed by atoms with Crippen molar-refractivity contribution >= 4 is 23.4 Å². The lowest BCUT2D eigenvalue weighted by Gasteiger charge is -2.31. The van der Waals surface area contributed by atoms with Gasteiger partial charge < -0.3 is 5.32 Å². The lowest BCUT2D eigenvalue weighted by Crippen LogP contribution is -2.42. The van der Waals surface area contributed by atoms with Gasteiger partial charge in [0.2, 0.25) is 0 Å². The molecule has 1 fully saturated rings. The van der Waals surface area contributed by atoms with Crippen LogP contribution in [-0.2, 0) is 6.42 Å². The van der Waals surface area contributed by atoms with Gasteiger partial charge in [-0.3, -0.25) is 0 Å². The zero-order valence-corrected chi connectivity index (χ0v) is 12.8. The number of halogens is 1. The average molecular weight is 296 g/mol. The number of alkyl halides is 1. The first-order valence-electron chi connectivity index (χ1n) is 7.40. The van der Waals surface area contributed by atoms with Crippen LogP contribution < -0.4 is 5.32 Å². The van der Waals surface area contributed by atoms with Crippen LogP contribution in [0.3, 0.4) is 0 Å². The van der Waals surface area contributed by atoms with E-state index in [9.17, 15) is 0 Å². The number of benzene rings is 1. The van der Waals surface area contributed by atoms with E-state index in [1.807, 2.05) is 11.8 Å². The first-order valence-corrected chi connectivity index (χ1v) is 8.82. The fraction of sp³-hybridized carbons (Fsp3) is 0.625. The summed E-state index contributed by atoms with van der Waals surface area (Å²) < 4.78 is 0. The molecule has 1 aromatic carbocycles. The first-order chi connectivity index (χ1) is 9.36. The molecule has 0 radical (unpaired) electrons. The van der Waals surface area contributed by atoms with Gasteiger partial charge >= 0.3 is 0 Å². The Bertz CT molecular complexity index is 398. The molecule has 0 aromatic heterocycles. The number of hydrogen-bond donors (Lipinski definition) is 1. The smallest absolute Gasteiger partial charge is 0.0266 e. The van der Waals surface area contributed by atoms with Crippen molar-refractivity contribution < 1.29 is 0 Å². The minimum absolute atomic E-state index is 0.649. The molecule has 0 amide bonds. The lowest BCUT2D eigenvalue weighted by molar-refractivity contribution is 0.284. The van der Waals surface area contributed by atoms with E-state index in [0.29, 0.717) is 17.2 Å². The van der Waals surface area contributed by atoms with E-state index in [0.717, 1.165) is 12.4 Å². The number of nitrogens with one attached hydrogen (secondary N) is 1. The van der Waals surface area contributed by atoms with Crippen LogP contribution in [0.2, 0.25) is 0 Å². The number of fused-ring (bicyclic) bond motifs is 1. The predicted molar refractivity (Wildman–Crippen MR) is 84.3 cm³/mol. The maximum atomic E-state index is 6.10. The molecule has 0 spiro atoms. The summed E-state index contributed by atoms with van der Waals surface area (Å²) >= 11 is 8.14. The zero-order chi connectivity index (χ0) is 13.1. The lowest BCUT2D eigenvalue weighted by atomic mass is 9.85. The van der Waals surface area contributed by atoms with Crippen LogP contribution >= 0.6 is 23.4 Å². The van der Waals surface area contributed by atoms with Gasteiger partial charge in [0, 0.05) is 28.6 Å². The largest absolute Gasteiger partial charge is 0.313 e. The molecule has 3 atom stereocenters. The molecule has 104 valence electrons. The zero-order valence-electron chi connectivity index (χ0n) is 11.3. The number of rotatable bonds is 4. The Labute approximate surface area is 125 Å². The number of thioether (sulfide) groups is 1. The molecule has 3 rings (SSSR count). The highest BCUT2D eigenvalue weighted by atomic mass is 35.5. The molecular weight excluding hydrogens is 274 g/mol. The second-order valence-electron chi connectivity index (χ2n) is 5.77. The van der Waals surface area contributed by atoms with Crippen molar-refractivity contribution in [3.8, 4) is 0 Å². The van der Waals surface area contributed by atoms with E-state index in [2.05, 4.69) is 29.6 Å². The summed E-state index contributed by atoms with van der Waals surface area (Å²) in [6.07, 6.45) is 6.55. The van der Waals surface area contributed by atoms with E-state index < -0.39 is 0 Å². The molecule has 1 nitrogen and oxygen atoms in total. The Balaban J connectivity index is 1.51. The molecule has 3 heteroatoms. The summed E-state index contributed by atoms with van der Waals surface area (Å²) in [5, 5.41) is 4.50. The summed E-state index contributed by atoms with van der Waals surface area (Å²) in [6, 6.07) is 9.47. The molecule has 1 heterocycles. The molecule has 1 aliphatic carbocycles. The summed E-state index contributed by atoms with van der Waals surface area (Å²) in [5.74, 6) is 1.50. The van der Waals surface area contributed by atoms with Gasteiger partial charge in [-0.1, -0.05) is 31.0 Å². The molecular formula is C16H22ClNS. The van der Waals surface area contributed by atoms with Crippen LogP contribution in [0.5, 0.6) is 0 Å². The van der Waals surface area contributed by atoms with E-state index in [4.69, 9.17) is 11.6 Å². The maximum Gasteiger partial charge on any atom is 0.0266 e. The Kier molecular flexibility index (Phi) is 4.73. The fourth-order valence-corrected chi connectivity index (χ4v) is 4.94. The van der Waals surface area contributed by atoms with E-state index in [-0.39, 0.29) is 0 Å². The van der Waals surface area contributed by atoms with E-state index in [1.54, 1.807) is 0 Å². The van der Waals surface area contributed by atoms with Gasteiger partial charge in [0.15, 0.2) is 0 Å². The normalized spacial score (nSPS) is 30.3. The highest BCUT2D eigenvalue weighted by Gasteiger charge is 2.27. The third-order valence-electron chi connectivity index (χ3n) is 4.43. The van der Waals surface area contributed by atoms with Crippen LogP contribution in [0.1, 0.15) is 31.2 Å². The van der Waals surface area contributed by atoms with Gasteiger partial charge in [0.1, 0.15) is 0 Å². The summed E-state index contributed by atoms with van der Waals surface area (Å²) in [4.78, 5) is 1.48.